The van der Waals surface area contributed by atoms with Crippen LogP contribution in [-0.4, -0.2) is 28.3 Å². The maximum Gasteiger partial charge on any atom is 0.356 e. The van der Waals surface area contributed by atoms with E-state index in [1.165, 1.54) is 16.8 Å². The second-order valence-electron chi connectivity index (χ2n) is 4.34. The van der Waals surface area contributed by atoms with Crippen molar-refractivity contribution in [1.82, 2.24) is 9.78 Å². The zero-order valence-corrected chi connectivity index (χ0v) is 13.4. The maximum absolute atomic E-state index is 12.2. The molecule has 116 valence electrons. The van der Waals surface area contributed by atoms with Gasteiger partial charge in [0, 0.05) is 18.1 Å². The summed E-state index contributed by atoms with van der Waals surface area (Å²) in [5.41, 5.74) is 0.671. The average molecular weight is 342 g/mol. The first-order valence-corrected chi connectivity index (χ1v) is 7.15. The van der Waals surface area contributed by atoms with E-state index in [-0.39, 0.29) is 18.0 Å². The molecule has 1 heterocycles. The summed E-state index contributed by atoms with van der Waals surface area (Å²) in [4.78, 5) is 23.9. The Morgan fingerprint density at radius 3 is 2.68 bits per heavy atom. The number of amides is 1. The highest BCUT2D eigenvalue weighted by atomic mass is 35.5. The number of carbonyl (C=O) groups is 2. The van der Waals surface area contributed by atoms with E-state index in [1.54, 1.807) is 26.1 Å². The molecule has 0 saturated heterocycles. The minimum absolute atomic E-state index is 0.0802. The minimum atomic E-state index is -0.541. The Labute approximate surface area is 137 Å². The number of halogens is 2. The highest BCUT2D eigenvalue weighted by molar-refractivity contribution is 6.36. The molecule has 2 rings (SSSR count). The molecule has 0 aliphatic rings. The van der Waals surface area contributed by atoms with Crippen LogP contribution in [0.15, 0.2) is 24.3 Å². The van der Waals surface area contributed by atoms with Crippen LogP contribution in [0.3, 0.4) is 0 Å². The van der Waals surface area contributed by atoms with E-state index in [1.807, 2.05) is 0 Å². The third kappa shape index (κ3) is 3.58. The molecule has 6 nitrogen and oxygen atoms in total. The number of carbonyl (C=O) groups excluding carboxylic acids is 2. The van der Waals surface area contributed by atoms with E-state index in [2.05, 4.69) is 10.4 Å². The normalized spacial score (nSPS) is 10.4. The van der Waals surface area contributed by atoms with Crippen molar-refractivity contribution in [2.24, 2.45) is 7.05 Å². The number of anilines is 1. The fraction of sp³-hybridized carbons (Fsp3) is 0.214. The highest BCUT2D eigenvalue weighted by Crippen LogP contribution is 2.25. The second kappa shape index (κ2) is 6.81. The summed E-state index contributed by atoms with van der Waals surface area (Å²) in [7, 11) is 1.55. The molecule has 0 radical (unpaired) electrons. The predicted octanol–water partition coefficient (Wildman–Crippen LogP) is 3.16. The summed E-state index contributed by atoms with van der Waals surface area (Å²) in [5.74, 6) is -1.03. The van der Waals surface area contributed by atoms with Crippen molar-refractivity contribution in [1.29, 1.82) is 0 Å². The number of esters is 1. The van der Waals surface area contributed by atoms with E-state index < -0.39 is 11.9 Å². The summed E-state index contributed by atoms with van der Waals surface area (Å²) in [5, 5.41) is 7.37. The van der Waals surface area contributed by atoms with Crippen molar-refractivity contribution >= 4 is 40.8 Å². The first kappa shape index (κ1) is 16.3. The van der Waals surface area contributed by atoms with Gasteiger partial charge in [-0.25, -0.2) is 4.79 Å². The zero-order chi connectivity index (χ0) is 16.3. The van der Waals surface area contributed by atoms with Crippen LogP contribution in [0, 0.1) is 0 Å². The SMILES string of the molecule is CCOC(=O)c1cc(C(=O)Nc2ccc(Cl)cc2Cl)nn1C. The van der Waals surface area contributed by atoms with Gasteiger partial charge in [0.05, 0.1) is 17.3 Å². The van der Waals surface area contributed by atoms with Crippen molar-refractivity contribution in [3.8, 4) is 0 Å². The number of ether oxygens (including phenoxy) is 1. The molecule has 1 N–H and O–H groups in total. The quantitative estimate of drug-likeness (QED) is 0.867. The van der Waals surface area contributed by atoms with Gasteiger partial charge in [-0.3, -0.25) is 9.48 Å². The van der Waals surface area contributed by atoms with Crippen molar-refractivity contribution in [3.05, 3.63) is 45.7 Å². The van der Waals surface area contributed by atoms with Gasteiger partial charge >= 0.3 is 5.97 Å². The predicted molar refractivity (Wildman–Crippen MR) is 83.6 cm³/mol. The van der Waals surface area contributed by atoms with Crippen LogP contribution in [-0.2, 0) is 11.8 Å². The number of hydrogen-bond acceptors (Lipinski definition) is 4. The number of nitrogens with one attached hydrogen (secondary N) is 1. The molecule has 1 amide bonds. The van der Waals surface area contributed by atoms with Gasteiger partial charge in [-0.1, -0.05) is 23.2 Å². The van der Waals surface area contributed by atoms with Gasteiger partial charge < -0.3 is 10.1 Å². The molecule has 2 aromatic rings. The van der Waals surface area contributed by atoms with Crippen molar-refractivity contribution in [2.45, 2.75) is 6.92 Å². The third-order valence-corrected chi connectivity index (χ3v) is 3.32. The number of aromatic nitrogens is 2. The molecule has 0 atom stereocenters. The topological polar surface area (TPSA) is 73.2 Å². The maximum atomic E-state index is 12.2. The summed E-state index contributed by atoms with van der Waals surface area (Å²) in [6, 6.07) is 6.06. The molecule has 0 spiro atoms. The molecule has 22 heavy (non-hydrogen) atoms. The monoisotopic (exact) mass is 341 g/mol. The number of aryl methyl sites for hydroxylation is 1. The lowest BCUT2D eigenvalue weighted by Crippen LogP contribution is -2.13. The molecule has 1 aromatic carbocycles. The van der Waals surface area contributed by atoms with Crippen LogP contribution in [0.25, 0.3) is 0 Å². The van der Waals surface area contributed by atoms with Gasteiger partial charge in [-0.05, 0) is 25.1 Å². The fourth-order valence-corrected chi connectivity index (χ4v) is 2.21. The number of rotatable bonds is 4. The van der Waals surface area contributed by atoms with Gasteiger partial charge in [0.1, 0.15) is 5.69 Å². The van der Waals surface area contributed by atoms with Crippen molar-refractivity contribution in [3.63, 3.8) is 0 Å². The summed E-state index contributed by atoms with van der Waals surface area (Å²) < 4.78 is 6.17. The van der Waals surface area contributed by atoms with E-state index in [9.17, 15) is 9.59 Å². The van der Waals surface area contributed by atoms with Crippen LogP contribution in [0.2, 0.25) is 10.0 Å². The Morgan fingerprint density at radius 2 is 2.05 bits per heavy atom. The second-order valence-corrected chi connectivity index (χ2v) is 5.18. The molecule has 0 aliphatic heterocycles. The molecule has 0 fully saturated rings. The Bertz CT molecular complexity index is 728. The average Bonchev–Trinajstić information content (AvgIpc) is 2.84. The minimum Gasteiger partial charge on any atom is -0.461 e. The van der Waals surface area contributed by atoms with Gasteiger partial charge in [0.15, 0.2) is 5.69 Å². The molecular formula is C14H13Cl2N3O3. The number of benzene rings is 1. The van der Waals surface area contributed by atoms with Crippen molar-refractivity contribution < 1.29 is 14.3 Å². The first-order chi connectivity index (χ1) is 10.4. The summed E-state index contributed by atoms with van der Waals surface area (Å²) in [6.07, 6.45) is 0. The third-order valence-electron chi connectivity index (χ3n) is 2.78. The first-order valence-electron chi connectivity index (χ1n) is 6.40. The van der Waals surface area contributed by atoms with E-state index in [0.717, 1.165) is 0 Å². The Kier molecular flexibility index (Phi) is 5.05. The van der Waals surface area contributed by atoms with E-state index >= 15 is 0 Å². The number of hydrogen-bond donors (Lipinski definition) is 1. The molecule has 8 heteroatoms. The molecule has 0 unspecified atom stereocenters. The Hall–Kier alpha value is -2.05. The van der Waals surface area contributed by atoms with Crippen LogP contribution in [0.5, 0.6) is 0 Å². The van der Waals surface area contributed by atoms with Crippen LogP contribution in [0.1, 0.15) is 27.9 Å². The lowest BCUT2D eigenvalue weighted by molar-refractivity contribution is 0.0513. The highest BCUT2D eigenvalue weighted by Gasteiger charge is 2.19. The van der Waals surface area contributed by atoms with E-state index in [0.29, 0.717) is 15.7 Å². The van der Waals surface area contributed by atoms with E-state index in [4.69, 9.17) is 27.9 Å². The fourth-order valence-electron chi connectivity index (χ4n) is 1.75. The molecule has 0 saturated carbocycles. The van der Waals surface area contributed by atoms with Gasteiger partial charge in [-0.2, -0.15) is 5.10 Å². The lowest BCUT2D eigenvalue weighted by atomic mass is 10.3. The van der Waals surface area contributed by atoms with Gasteiger partial charge in [-0.15, -0.1) is 0 Å². The van der Waals surface area contributed by atoms with Crippen molar-refractivity contribution in [2.75, 3.05) is 11.9 Å². The Morgan fingerprint density at radius 1 is 1.32 bits per heavy atom. The summed E-state index contributed by atoms with van der Waals surface area (Å²) >= 11 is 11.8. The largest absolute Gasteiger partial charge is 0.461 e. The molecule has 0 aliphatic carbocycles. The van der Waals surface area contributed by atoms with Crippen LogP contribution < -0.4 is 5.32 Å². The smallest absolute Gasteiger partial charge is 0.356 e. The standard InChI is InChI=1S/C14H13Cl2N3O3/c1-3-22-14(21)12-7-11(18-19(12)2)13(20)17-10-5-4-8(15)6-9(10)16/h4-7H,3H2,1-2H3,(H,17,20). The lowest BCUT2D eigenvalue weighted by Gasteiger charge is -2.05. The van der Waals surface area contributed by atoms with Gasteiger partial charge in [0.25, 0.3) is 5.91 Å². The molecular weight excluding hydrogens is 329 g/mol. The number of nitrogens with zero attached hydrogens (tertiary/aromatic N) is 2. The zero-order valence-electron chi connectivity index (χ0n) is 11.9. The Balaban J connectivity index is 2.20. The summed E-state index contributed by atoms with van der Waals surface area (Å²) in [6.45, 7) is 1.94. The van der Waals surface area contributed by atoms with Gasteiger partial charge in [0.2, 0.25) is 0 Å². The molecule has 1 aromatic heterocycles. The van der Waals surface area contributed by atoms with Crippen LogP contribution >= 0.6 is 23.2 Å². The van der Waals surface area contributed by atoms with Crippen LogP contribution in [0.4, 0.5) is 5.69 Å². The molecule has 0 bridgehead atoms.